The molecule has 1 saturated heterocycles. The highest BCUT2D eigenvalue weighted by atomic mass is 19.1. The molecule has 0 spiro atoms. The molecule has 106 valence electrons. The Balaban J connectivity index is 2.28. The maximum Gasteiger partial charge on any atom is 0.255 e. The van der Waals surface area contributed by atoms with Crippen molar-refractivity contribution >= 4 is 17.7 Å². The largest absolute Gasteiger partial charge is 0.494 e. The summed E-state index contributed by atoms with van der Waals surface area (Å²) in [5, 5.41) is 2.13. The molecule has 1 heterocycles. The quantitative estimate of drug-likeness (QED) is 0.792. The van der Waals surface area contributed by atoms with E-state index in [9.17, 15) is 18.8 Å². The number of amides is 3. The van der Waals surface area contributed by atoms with Crippen LogP contribution in [0.1, 0.15) is 17.3 Å². The van der Waals surface area contributed by atoms with Crippen molar-refractivity contribution in [3.63, 3.8) is 0 Å². The minimum Gasteiger partial charge on any atom is -0.494 e. The highest BCUT2D eigenvalue weighted by Crippen LogP contribution is 2.20. The number of benzene rings is 1. The predicted molar refractivity (Wildman–Crippen MR) is 66.6 cm³/mol. The second-order valence-electron chi connectivity index (χ2n) is 4.37. The third-order valence-electron chi connectivity index (χ3n) is 3.08. The number of nitrogens with one attached hydrogen (secondary N) is 1. The van der Waals surface area contributed by atoms with Gasteiger partial charge in [0.15, 0.2) is 11.6 Å². The zero-order valence-electron chi connectivity index (χ0n) is 11.0. The summed E-state index contributed by atoms with van der Waals surface area (Å²) in [5.41, 5.74) is 0.0534. The van der Waals surface area contributed by atoms with Gasteiger partial charge in [0.25, 0.3) is 5.91 Å². The van der Waals surface area contributed by atoms with Gasteiger partial charge in [-0.15, -0.1) is 0 Å². The molecule has 7 heteroatoms. The second kappa shape index (κ2) is 5.28. The monoisotopic (exact) mass is 280 g/mol. The Labute approximate surface area is 114 Å². The molecule has 1 N–H and O–H groups in total. The van der Waals surface area contributed by atoms with Gasteiger partial charge in [-0.1, -0.05) is 0 Å². The fourth-order valence-corrected chi connectivity index (χ4v) is 1.93. The normalized spacial score (nSPS) is 18.8. The van der Waals surface area contributed by atoms with Crippen molar-refractivity contribution in [2.24, 2.45) is 0 Å². The Morgan fingerprint density at radius 1 is 1.45 bits per heavy atom. The first kappa shape index (κ1) is 14.0. The van der Waals surface area contributed by atoms with Gasteiger partial charge < -0.3 is 9.64 Å². The number of piperazine rings is 1. The summed E-state index contributed by atoms with van der Waals surface area (Å²) in [4.78, 5) is 36.1. The fraction of sp³-hybridized carbons (Fsp3) is 0.308. The summed E-state index contributed by atoms with van der Waals surface area (Å²) in [6, 6.07) is 2.93. The van der Waals surface area contributed by atoms with Crippen LogP contribution in [0.4, 0.5) is 4.39 Å². The van der Waals surface area contributed by atoms with Crippen LogP contribution in [0.5, 0.6) is 5.75 Å². The van der Waals surface area contributed by atoms with Crippen LogP contribution in [0.2, 0.25) is 0 Å². The number of nitrogens with zero attached hydrogens (tertiary/aromatic N) is 1. The van der Waals surface area contributed by atoms with E-state index in [1.807, 2.05) is 0 Å². The Morgan fingerprint density at radius 3 is 2.75 bits per heavy atom. The van der Waals surface area contributed by atoms with Gasteiger partial charge in [0, 0.05) is 5.56 Å². The zero-order valence-corrected chi connectivity index (χ0v) is 11.0. The van der Waals surface area contributed by atoms with Crippen LogP contribution in [0.25, 0.3) is 0 Å². The van der Waals surface area contributed by atoms with Crippen molar-refractivity contribution in [1.82, 2.24) is 10.2 Å². The summed E-state index contributed by atoms with van der Waals surface area (Å²) in [5.74, 6) is -2.36. The Hall–Kier alpha value is -2.44. The summed E-state index contributed by atoms with van der Waals surface area (Å²) >= 11 is 0. The molecule has 1 aliphatic heterocycles. The lowest BCUT2D eigenvalue weighted by molar-refractivity contribution is -0.138. The molecule has 1 unspecified atom stereocenters. The average molecular weight is 280 g/mol. The smallest absolute Gasteiger partial charge is 0.255 e. The van der Waals surface area contributed by atoms with E-state index < -0.39 is 29.6 Å². The van der Waals surface area contributed by atoms with E-state index in [0.717, 1.165) is 11.0 Å². The standard InChI is InChI=1S/C13H13FN2O4/c1-7-12(18)15-11(17)6-16(7)13(19)8-3-4-10(20-2)9(14)5-8/h3-5,7H,6H2,1-2H3,(H,15,17,18). The van der Waals surface area contributed by atoms with E-state index in [-0.39, 0.29) is 17.9 Å². The summed E-state index contributed by atoms with van der Waals surface area (Å²) in [6.45, 7) is 1.26. The molecule has 0 saturated carbocycles. The minimum atomic E-state index is -0.787. The Kier molecular flexibility index (Phi) is 3.69. The molecule has 6 nitrogen and oxygen atoms in total. The van der Waals surface area contributed by atoms with E-state index >= 15 is 0 Å². The third kappa shape index (κ3) is 2.47. The number of rotatable bonds is 2. The maximum atomic E-state index is 13.6. The molecule has 1 aromatic rings. The van der Waals surface area contributed by atoms with E-state index in [2.05, 4.69) is 5.32 Å². The molecule has 1 atom stereocenters. The number of hydrogen-bond donors (Lipinski definition) is 1. The lowest BCUT2D eigenvalue weighted by atomic mass is 10.1. The molecular weight excluding hydrogens is 267 g/mol. The molecular formula is C13H13FN2O4. The first-order chi connectivity index (χ1) is 9.43. The molecule has 0 bridgehead atoms. The molecule has 3 amide bonds. The molecule has 0 aliphatic carbocycles. The number of halogens is 1. The van der Waals surface area contributed by atoms with E-state index in [1.54, 1.807) is 0 Å². The first-order valence-electron chi connectivity index (χ1n) is 5.92. The number of methoxy groups -OCH3 is 1. The summed E-state index contributed by atoms with van der Waals surface area (Å²) in [6.07, 6.45) is 0. The number of carbonyl (C=O) groups excluding carboxylic acids is 3. The second-order valence-corrected chi connectivity index (χ2v) is 4.37. The van der Waals surface area contributed by atoms with Gasteiger partial charge in [-0.05, 0) is 25.1 Å². The highest BCUT2D eigenvalue weighted by Gasteiger charge is 2.34. The van der Waals surface area contributed by atoms with Crippen molar-refractivity contribution in [1.29, 1.82) is 0 Å². The van der Waals surface area contributed by atoms with Crippen molar-refractivity contribution in [3.8, 4) is 5.75 Å². The fourth-order valence-electron chi connectivity index (χ4n) is 1.93. The topological polar surface area (TPSA) is 75.7 Å². The van der Waals surface area contributed by atoms with Gasteiger partial charge in [0.2, 0.25) is 11.8 Å². The molecule has 0 radical (unpaired) electrons. The highest BCUT2D eigenvalue weighted by molar-refractivity contribution is 6.07. The predicted octanol–water partition coefficient (Wildman–Crippen LogP) is 0.321. The average Bonchev–Trinajstić information content (AvgIpc) is 2.42. The van der Waals surface area contributed by atoms with Crippen LogP contribution in [-0.2, 0) is 9.59 Å². The van der Waals surface area contributed by atoms with Crippen LogP contribution in [0, 0.1) is 5.82 Å². The molecule has 2 rings (SSSR count). The summed E-state index contributed by atoms with van der Waals surface area (Å²) < 4.78 is 18.3. The van der Waals surface area contributed by atoms with E-state index in [0.29, 0.717) is 0 Å². The van der Waals surface area contributed by atoms with Crippen LogP contribution < -0.4 is 10.1 Å². The minimum absolute atomic E-state index is 0.0158. The van der Waals surface area contributed by atoms with Gasteiger partial charge in [0.1, 0.15) is 12.6 Å². The molecule has 1 aromatic carbocycles. The zero-order chi connectivity index (χ0) is 14.9. The van der Waals surface area contributed by atoms with Crippen molar-refractivity contribution in [3.05, 3.63) is 29.6 Å². The van der Waals surface area contributed by atoms with Gasteiger partial charge in [0.05, 0.1) is 7.11 Å². The number of imide groups is 1. The van der Waals surface area contributed by atoms with E-state index in [1.165, 1.54) is 26.2 Å². The van der Waals surface area contributed by atoms with Gasteiger partial charge >= 0.3 is 0 Å². The number of hydrogen-bond acceptors (Lipinski definition) is 4. The molecule has 20 heavy (non-hydrogen) atoms. The number of carbonyl (C=O) groups is 3. The molecule has 1 fully saturated rings. The lowest BCUT2D eigenvalue weighted by Crippen LogP contribution is -2.58. The third-order valence-corrected chi connectivity index (χ3v) is 3.08. The maximum absolute atomic E-state index is 13.6. The van der Waals surface area contributed by atoms with Crippen molar-refractivity contribution in [2.45, 2.75) is 13.0 Å². The van der Waals surface area contributed by atoms with Crippen molar-refractivity contribution < 1.29 is 23.5 Å². The Bertz CT molecular complexity index is 588. The first-order valence-corrected chi connectivity index (χ1v) is 5.92. The van der Waals surface area contributed by atoms with Gasteiger partial charge in [-0.3, -0.25) is 19.7 Å². The van der Waals surface area contributed by atoms with Crippen molar-refractivity contribution in [2.75, 3.05) is 13.7 Å². The van der Waals surface area contributed by atoms with Gasteiger partial charge in [-0.25, -0.2) is 4.39 Å². The molecule has 1 aliphatic rings. The van der Waals surface area contributed by atoms with Crippen LogP contribution in [-0.4, -0.2) is 42.3 Å². The Morgan fingerprint density at radius 2 is 2.15 bits per heavy atom. The van der Waals surface area contributed by atoms with Gasteiger partial charge in [-0.2, -0.15) is 0 Å². The summed E-state index contributed by atoms with van der Waals surface area (Å²) in [7, 11) is 1.32. The van der Waals surface area contributed by atoms with E-state index in [4.69, 9.17) is 4.74 Å². The van der Waals surface area contributed by atoms with Crippen LogP contribution in [0.3, 0.4) is 0 Å². The van der Waals surface area contributed by atoms with Crippen LogP contribution >= 0.6 is 0 Å². The number of ether oxygens (including phenoxy) is 1. The molecule has 0 aromatic heterocycles. The van der Waals surface area contributed by atoms with Crippen LogP contribution in [0.15, 0.2) is 18.2 Å². The SMILES string of the molecule is COc1ccc(C(=O)N2CC(=O)NC(=O)C2C)cc1F. The lowest BCUT2D eigenvalue weighted by Gasteiger charge is -2.31.